The number of thiazole rings is 2. The minimum atomic E-state index is -0.401. The van der Waals surface area contributed by atoms with Crippen LogP contribution in [0.15, 0.2) is 116 Å². The second-order valence-corrected chi connectivity index (χ2v) is 16.9. The van der Waals surface area contributed by atoms with E-state index in [9.17, 15) is 14.4 Å². The Morgan fingerprint density at radius 2 is 1.62 bits per heavy atom. The fourth-order valence-electron chi connectivity index (χ4n) is 6.34. The van der Waals surface area contributed by atoms with Gasteiger partial charge in [0.25, 0.3) is 11.8 Å². The molecule has 0 saturated carbocycles. The topological polar surface area (TPSA) is 250 Å². The summed E-state index contributed by atoms with van der Waals surface area (Å²) in [5.74, 6) is 1.01. The predicted molar refractivity (Wildman–Crippen MR) is 252 cm³/mol. The molecular weight excluding hydrogens is 887 g/mol. The van der Waals surface area contributed by atoms with Crippen molar-refractivity contribution in [3.05, 3.63) is 123 Å². The molecule has 0 aliphatic heterocycles. The van der Waals surface area contributed by atoms with Crippen LogP contribution < -0.4 is 27.2 Å². The molecule has 5 aromatic heterocycles. The van der Waals surface area contributed by atoms with Crippen molar-refractivity contribution in [2.24, 2.45) is 16.0 Å². The number of anilines is 1. The third-order valence-electron chi connectivity index (χ3n) is 9.54. The average molecular weight is 930 g/mol. The Labute approximate surface area is 384 Å². The molecule has 22 heteroatoms. The van der Waals surface area contributed by atoms with Crippen molar-refractivity contribution in [3.63, 3.8) is 0 Å². The number of H-pyrrole nitrogens is 1. The largest absolute Gasteiger partial charge is 0.378 e. The molecule has 8 rings (SSSR count). The second kappa shape index (κ2) is 21.6. The van der Waals surface area contributed by atoms with E-state index in [2.05, 4.69) is 58.5 Å². The molecule has 19 nitrogen and oxygen atoms in total. The quantitative estimate of drug-likeness (QED) is 0.0225. The fraction of sp³-hybridized carbons (Fsp3) is 0.233. The van der Waals surface area contributed by atoms with Crippen molar-refractivity contribution in [1.29, 1.82) is 0 Å². The molecule has 3 aromatic carbocycles. The maximum atomic E-state index is 13.6. The molecule has 8 aromatic rings. The highest BCUT2D eigenvalue weighted by molar-refractivity contribution is 7.99. The van der Waals surface area contributed by atoms with Crippen molar-refractivity contribution >= 4 is 74.1 Å². The van der Waals surface area contributed by atoms with Gasteiger partial charge < -0.3 is 26.4 Å². The van der Waals surface area contributed by atoms with Crippen molar-refractivity contribution in [1.82, 2.24) is 55.3 Å². The Morgan fingerprint density at radius 3 is 2.31 bits per heavy atom. The summed E-state index contributed by atoms with van der Waals surface area (Å²) in [6.07, 6.45) is 2.61. The summed E-state index contributed by atoms with van der Waals surface area (Å²) < 4.78 is 8.73. The summed E-state index contributed by atoms with van der Waals surface area (Å²) >= 11 is 4.18. The molecule has 332 valence electrons. The van der Waals surface area contributed by atoms with Gasteiger partial charge in [0.05, 0.1) is 31.1 Å². The number of benzene rings is 3. The first kappa shape index (κ1) is 44.6. The van der Waals surface area contributed by atoms with Gasteiger partial charge in [0.2, 0.25) is 10.3 Å². The number of aromatic nitrogens is 9. The van der Waals surface area contributed by atoms with Crippen LogP contribution in [0.4, 0.5) is 16.6 Å². The van der Waals surface area contributed by atoms with Crippen LogP contribution in [-0.4, -0.2) is 102 Å². The SMILES string of the molecule is CCCSc1nc(NCCN)c2nnn(Cc3ccc(C(=O)NCCOCCNC(=O)c4ccc(-c5csc(-n6[nH]c(-c7ccccc7)c(N=Nc7nccs7)c6=O)n5)cc4)cc3)c2n1. The molecule has 6 N–H and O–H groups in total. The number of nitrogens with one attached hydrogen (secondary N) is 4. The number of carbonyl (C=O) groups is 2. The molecule has 0 unspecified atom stereocenters. The van der Waals surface area contributed by atoms with Gasteiger partial charge in [-0.1, -0.05) is 78.5 Å². The first-order valence-corrected chi connectivity index (χ1v) is 23.3. The number of azo groups is 1. The molecule has 0 bridgehead atoms. The number of nitrogens with zero attached hydrogens (tertiary/aromatic N) is 10. The lowest BCUT2D eigenvalue weighted by atomic mass is 10.1. The van der Waals surface area contributed by atoms with Crippen LogP contribution in [0.2, 0.25) is 0 Å². The molecule has 0 fully saturated rings. The Bertz CT molecular complexity index is 2930. The summed E-state index contributed by atoms with van der Waals surface area (Å²) in [5, 5.41) is 34.3. The van der Waals surface area contributed by atoms with Crippen molar-refractivity contribution in [2.45, 2.75) is 25.0 Å². The van der Waals surface area contributed by atoms with Crippen LogP contribution in [0.5, 0.6) is 0 Å². The van der Waals surface area contributed by atoms with Crippen LogP contribution in [0.1, 0.15) is 39.6 Å². The molecule has 0 atom stereocenters. The zero-order chi connectivity index (χ0) is 45.0. The third kappa shape index (κ3) is 11.0. The highest BCUT2D eigenvalue weighted by atomic mass is 32.2. The molecule has 2 amide bonds. The maximum absolute atomic E-state index is 13.6. The summed E-state index contributed by atoms with van der Waals surface area (Å²) in [6.45, 7) is 4.63. The number of amides is 2. The Balaban J connectivity index is 0.780. The zero-order valence-electron chi connectivity index (χ0n) is 35.0. The highest BCUT2D eigenvalue weighted by Crippen LogP contribution is 2.31. The lowest BCUT2D eigenvalue weighted by Crippen LogP contribution is -2.30. The fourth-order valence-corrected chi connectivity index (χ4v) is 8.28. The number of thioether (sulfide) groups is 1. The normalized spacial score (nSPS) is 11.4. The lowest BCUT2D eigenvalue weighted by molar-refractivity contribution is 0.0892. The zero-order valence-corrected chi connectivity index (χ0v) is 37.5. The van der Waals surface area contributed by atoms with Crippen molar-refractivity contribution in [2.75, 3.05) is 50.5 Å². The number of hydrogen-bond acceptors (Lipinski definition) is 17. The lowest BCUT2D eigenvalue weighted by Gasteiger charge is -2.09. The Morgan fingerprint density at radius 1 is 0.877 bits per heavy atom. The monoisotopic (exact) mass is 929 g/mol. The number of ether oxygens (including phenoxy) is 1. The Kier molecular flexibility index (Phi) is 14.8. The van der Waals surface area contributed by atoms with Crippen LogP contribution in [0.3, 0.4) is 0 Å². The van der Waals surface area contributed by atoms with E-state index in [1.54, 1.807) is 64.4 Å². The molecule has 65 heavy (non-hydrogen) atoms. The van der Waals surface area contributed by atoms with E-state index in [0.717, 1.165) is 28.9 Å². The van der Waals surface area contributed by atoms with E-state index in [4.69, 9.17) is 20.4 Å². The van der Waals surface area contributed by atoms with E-state index >= 15 is 0 Å². The van der Waals surface area contributed by atoms with Gasteiger partial charge in [0.1, 0.15) is 0 Å². The van der Waals surface area contributed by atoms with Gasteiger partial charge >= 0.3 is 5.56 Å². The predicted octanol–water partition coefficient (Wildman–Crippen LogP) is 6.46. The van der Waals surface area contributed by atoms with Crippen LogP contribution >= 0.6 is 34.4 Å². The smallest absolute Gasteiger partial charge is 0.301 e. The molecular formula is C43H43N15O4S3. The minimum Gasteiger partial charge on any atom is -0.378 e. The summed E-state index contributed by atoms with van der Waals surface area (Å²) in [7, 11) is 0. The minimum absolute atomic E-state index is 0.142. The van der Waals surface area contributed by atoms with Gasteiger partial charge in [-0.05, 0) is 36.2 Å². The van der Waals surface area contributed by atoms with Crippen LogP contribution in [0, 0.1) is 0 Å². The summed E-state index contributed by atoms with van der Waals surface area (Å²) in [6, 6.07) is 23.7. The first-order valence-electron chi connectivity index (χ1n) is 20.6. The number of fused-ring (bicyclic) bond motifs is 1. The van der Waals surface area contributed by atoms with Crippen LogP contribution in [0.25, 0.3) is 38.8 Å². The molecule has 5 heterocycles. The second-order valence-electron chi connectivity index (χ2n) is 14.1. The van der Waals surface area contributed by atoms with Gasteiger partial charge in [-0.3, -0.25) is 19.5 Å². The molecule has 0 aliphatic rings. The maximum Gasteiger partial charge on any atom is 0.301 e. The Hall–Kier alpha value is -6.98. The molecule has 0 saturated heterocycles. The average Bonchev–Trinajstić information content (AvgIpc) is 4.18. The van der Waals surface area contributed by atoms with E-state index in [0.29, 0.717) is 81.1 Å². The van der Waals surface area contributed by atoms with E-state index in [-0.39, 0.29) is 37.3 Å². The molecule has 0 spiro atoms. The van der Waals surface area contributed by atoms with E-state index in [1.807, 2.05) is 47.8 Å². The highest BCUT2D eigenvalue weighted by Gasteiger charge is 2.20. The van der Waals surface area contributed by atoms with E-state index in [1.165, 1.54) is 27.4 Å². The van der Waals surface area contributed by atoms with Crippen molar-refractivity contribution in [3.8, 4) is 27.6 Å². The van der Waals surface area contributed by atoms with Gasteiger partial charge in [-0.25, -0.2) is 24.6 Å². The third-order valence-corrected chi connectivity index (χ3v) is 12.1. The van der Waals surface area contributed by atoms with Gasteiger partial charge in [-0.15, -0.1) is 38.0 Å². The van der Waals surface area contributed by atoms with Crippen molar-refractivity contribution < 1.29 is 14.3 Å². The first-order chi connectivity index (χ1) is 31.9. The van der Waals surface area contributed by atoms with Gasteiger partial charge in [-0.2, -0.15) is 4.68 Å². The molecule has 0 aliphatic carbocycles. The number of aromatic amines is 1. The van der Waals surface area contributed by atoms with Crippen LogP contribution in [-0.2, 0) is 11.3 Å². The van der Waals surface area contributed by atoms with E-state index < -0.39 is 5.56 Å². The number of carbonyl (C=O) groups excluding carboxylic acids is 2. The summed E-state index contributed by atoms with van der Waals surface area (Å²) in [5.41, 5.74) is 11.2. The number of hydrogen-bond donors (Lipinski definition) is 5. The molecule has 0 radical (unpaired) electrons. The number of nitrogens with two attached hydrogens (primary N) is 1. The number of rotatable bonds is 21. The van der Waals surface area contributed by atoms with Gasteiger partial charge in [0.15, 0.2) is 27.8 Å². The summed E-state index contributed by atoms with van der Waals surface area (Å²) in [4.78, 5) is 57.5. The standard InChI is InChI=1S/C43H43N15O4S3/c1-2-23-63-42-50-36(45-17-16-44)35-37(51-42)57(56-53-35)25-27-8-10-30(11-9-27)38(59)46-18-21-62-22-19-47-39(60)31-14-12-28(13-15-31)32-26-65-43(49-32)58-40(61)34(52-54-41-48-20-24-64-41)33(55-58)29-6-4-3-5-7-29/h3-15,20,24,26,55H,2,16-19,21-23,25,44H2,1H3,(H,46,59)(H,47,60)(H,45,50,51). The van der Waals surface area contributed by atoms with Gasteiger partial charge in [0, 0.05) is 71.1 Å².